The summed E-state index contributed by atoms with van der Waals surface area (Å²) in [5.41, 5.74) is 1.36. The molecule has 1 N–H and O–H groups in total. The molecule has 0 aromatic carbocycles. The number of pyridine rings is 1. The standard InChI is InChI=1S/C17H25BrN2/c1-2-5-20-17(9-13-7-15(18)11-19-10-13)16-8-12-3-4-14(16)6-12/h7,10-12,14,16-17,20H,2-6,8-9H2,1H3. The summed E-state index contributed by atoms with van der Waals surface area (Å²) in [7, 11) is 0. The first-order valence-electron chi connectivity index (χ1n) is 8.09. The Balaban J connectivity index is 1.69. The van der Waals surface area contributed by atoms with Crippen molar-refractivity contribution >= 4 is 15.9 Å². The average Bonchev–Trinajstić information content (AvgIpc) is 3.06. The lowest BCUT2D eigenvalue weighted by Gasteiger charge is -2.31. The quantitative estimate of drug-likeness (QED) is 0.842. The van der Waals surface area contributed by atoms with E-state index in [0.717, 1.165) is 35.2 Å². The molecule has 110 valence electrons. The smallest absolute Gasteiger partial charge is 0.0410 e. The normalized spacial score (nSPS) is 29.8. The molecule has 3 heteroatoms. The molecule has 0 amide bonds. The van der Waals surface area contributed by atoms with Gasteiger partial charge in [-0.3, -0.25) is 4.98 Å². The summed E-state index contributed by atoms with van der Waals surface area (Å²) in [5, 5.41) is 3.82. The molecule has 20 heavy (non-hydrogen) atoms. The van der Waals surface area contributed by atoms with Crippen LogP contribution in [-0.2, 0) is 6.42 Å². The van der Waals surface area contributed by atoms with E-state index in [1.807, 2.05) is 12.4 Å². The number of nitrogens with zero attached hydrogens (tertiary/aromatic N) is 1. The van der Waals surface area contributed by atoms with E-state index in [0.29, 0.717) is 6.04 Å². The maximum absolute atomic E-state index is 4.32. The number of nitrogens with one attached hydrogen (secondary N) is 1. The van der Waals surface area contributed by atoms with E-state index < -0.39 is 0 Å². The molecule has 2 aliphatic rings. The molecule has 1 aromatic heterocycles. The summed E-state index contributed by atoms with van der Waals surface area (Å²) in [6.07, 6.45) is 12.1. The van der Waals surface area contributed by atoms with Crippen LogP contribution in [0.25, 0.3) is 0 Å². The molecular weight excluding hydrogens is 312 g/mol. The highest BCUT2D eigenvalue weighted by atomic mass is 79.9. The van der Waals surface area contributed by atoms with Crippen LogP contribution in [0.1, 0.15) is 44.6 Å². The summed E-state index contributed by atoms with van der Waals surface area (Å²) in [6.45, 7) is 3.39. The number of fused-ring (bicyclic) bond motifs is 2. The molecule has 1 aromatic rings. The Labute approximate surface area is 130 Å². The van der Waals surface area contributed by atoms with Crippen molar-refractivity contribution in [3.63, 3.8) is 0 Å². The zero-order valence-electron chi connectivity index (χ0n) is 12.3. The number of hydrogen-bond acceptors (Lipinski definition) is 2. The van der Waals surface area contributed by atoms with Crippen LogP contribution in [0.2, 0.25) is 0 Å². The number of aromatic nitrogens is 1. The van der Waals surface area contributed by atoms with E-state index >= 15 is 0 Å². The van der Waals surface area contributed by atoms with Gasteiger partial charge in [-0.15, -0.1) is 0 Å². The average molecular weight is 337 g/mol. The van der Waals surface area contributed by atoms with Crippen LogP contribution < -0.4 is 5.32 Å². The molecular formula is C17H25BrN2. The third-order valence-electron chi connectivity index (χ3n) is 5.18. The highest BCUT2D eigenvalue weighted by molar-refractivity contribution is 9.10. The molecule has 2 aliphatic carbocycles. The first-order valence-corrected chi connectivity index (χ1v) is 8.88. The van der Waals surface area contributed by atoms with E-state index in [9.17, 15) is 0 Å². The van der Waals surface area contributed by atoms with Gasteiger partial charge in [0.05, 0.1) is 0 Å². The van der Waals surface area contributed by atoms with Crippen molar-refractivity contribution in [2.24, 2.45) is 17.8 Å². The van der Waals surface area contributed by atoms with Gasteiger partial charge < -0.3 is 5.32 Å². The van der Waals surface area contributed by atoms with Gasteiger partial charge in [0.15, 0.2) is 0 Å². The van der Waals surface area contributed by atoms with Gasteiger partial charge >= 0.3 is 0 Å². The van der Waals surface area contributed by atoms with Gasteiger partial charge in [-0.25, -0.2) is 0 Å². The van der Waals surface area contributed by atoms with Crippen molar-refractivity contribution in [2.45, 2.75) is 51.5 Å². The number of hydrogen-bond donors (Lipinski definition) is 1. The largest absolute Gasteiger partial charge is 0.313 e. The summed E-state index contributed by atoms with van der Waals surface area (Å²) >= 11 is 3.54. The van der Waals surface area contributed by atoms with Crippen molar-refractivity contribution < 1.29 is 0 Å². The topological polar surface area (TPSA) is 24.9 Å². The van der Waals surface area contributed by atoms with Crippen LogP contribution in [0.5, 0.6) is 0 Å². The minimum atomic E-state index is 0.640. The second kappa shape index (κ2) is 6.57. The fraction of sp³-hybridized carbons (Fsp3) is 0.706. The number of halogens is 1. The molecule has 2 nitrogen and oxygen atoms in total. The van der Waals surface area contributed by atoms with Gasteiger partial charge in [0.2, 0.25) is 0 Å². The van der Waals surface area contributed by atoms with Crippen LogP contribution in [0.15, 0.2) is 22.9 Å². The first kappa shape index (κ1) is 14.5. The van der Waals surface area contributed by atoms with E-state index in [4.69, 9.17) is 0 Å². The van der Waals surface area contributed by atoms with Gasteiger partial charge in [0.1, 0.15) is 0 Å². The minimum absolute atomic E-state index is 0.640. The highest BCUT2D eigenvalue weighted by Crippen LogP contribution is 2.49. The lowest BCUT2D eigenvalue weighted by Crippen LogP contribution is -2.40. The highest BCUT2D eigenvalue weighted by Gasteiger charge is 2.42. The summed E-state index contributed by atoms with van der Waals surface area (Å²) in [5.74, 6) is 2.89. The SMILES string of the molecule is CCCNC(Cc1cncc(Br)c1)C1CC2CCC1C2. The molecule has 0 aliphatic heterocycles. The zero-order chi connectivity index (χ0) is 13.9. The van der Waals surface area contributed by atoms with E-state index in [1.54, 1.807) is 0 Å². The Hall–Kier alpha value is -0.410. The van der Waals surface area contributed by atoms with Crippen LogP contribution in [0.4, 0.5) is 0 Å². The second-order valence-corrected chi connectivity index (χ2v) is 7.53. The lowest BCUT2D eigenvalue weighted by atomic mass is 9.81. The van der Waals surface area contributed by atoms with E-state index in [1.165, 1.54) is 37.7 Å². The fourth-order valence-electron chi connectivity index (χ4n) is 4.31. The van der Waals surface area contributed by atoms with Gasteiger partial charge in [-0.2, -0.15) is 0 Å². The van der Waals surface area contributed by atoms with E-state index in [-0.39, 0.29) is 0 Å². The van der Waals surface area contributed by atoms with Crippen molar-refractivity contribution in [1.82, 2.24) is 10.3 Å². The third-order valence-corrected chi connectivity index (χ3v) is 5.62. The second-order valence-electron chi connectivity index (χ2n) is 6.61. The molecule has 0 radical (unpaired) electrons. The van der Waals surface area contributed by atoms with Crippen LogP contribution in [-0.4, -0.2) is 17.6 Å². The Kier molecular flexibility index (Phi) is 4.77. The number of rotatable bonds is 6. The van der Waals surface area contributed by atoms with Crippen molar-refractivity contribution in [3.8, 4) is 0 Å². The Bertz CT molecular complexity index is 448. The molecule has 4 unspecified atom stereocenters. The molecule has 0 saturated heterocycles. The Morgan fingerprint density at radius 3 is 2.90 bits per heavy atom. The van der Waals surface area contributed by atoms with Crippen LogP contribution in [0.3, 0.4) is 0 Å². The molecule has 1 heterocycles. The molecule has 3 rings (SSSR count). The van der Waals surface area contributed by atoms with Crippen molar-refractivity contribution in [1.29, 1.82) is 0 Å². The first-order chi connectivity index (χ1) is 9.76. The molecule has 2 bridgehead atoms. The molecule has 2 fully saturated rings. The Morgan fingerprint density at radius 1 is 1.35 bits per heavy atom. The predicted molar refractivity (Wildman–Crippen MR) is 86.7 cm³/mol. The summed E-state index contributed by atoms with van der Waals surface area (Å²) in [6, 6.07) is 2.86. The van der Waals surface area contributed by atoms with Crippen LogP contribution >= 0.6 is 15.9 Å². The maximum atomic E-state index is 4.32. The Morgan fingerprint density at radius 2 is 2.25 bits per heavy atom. The maximum Gasteiger partial charge on any atom is 0.0410 e. The van der Waals surface area contributed by atoms with Crippen molar-refractivity contribution in [2.75, 3.05) is 6.54 Å². The summed E-state index contributed by atoms with van der Waals surface area (Å²) < 4.78 is 1.09. The third kappa shape index (κ3) is 3.25. The van der Waals surface area contributed by atoms with Crippen LogP contribution in [0, 0.1) is 17.8 Å². The van der Waals surface area contributed by atoms with Gasteiger partial charge in [0.25, 0.3) is 0 Å². The van der Waals surface area contributed by atoms with Crippen molar-refractivity contribution in [3.05, 3.63) is 28.5 Å². The van der Waals surface area contributed by atoms with E-state index in [2.05, 4.69) is 39.2 Å². The lowest BCUT2D eigenvalue weighted by molar-refractivity contribution is 0.247. The molecule has 4 atom stereocenters. The minimum Gasteiger partial charge on any atom is -0.313 e. The molecule has 0 spiro atoms. The monoisotopic (exact) mass is 336 g/mol. The molecule has 2 saturated carbocycles. The zero-order valence-corrected chi connectivity index (χ0v) is 13.9. The predicted octanol–water partition coefficient (Wildman–Crippen LogP) is 4.19. The fourth-order valence-corrected chi connectivity index (χ4v) is 4.73. The van der Waals surface area contributed by atoms with Gasteiger partial charge in [0, 0.05) is 22.9 Å². The van der Waals surface area contributed by atoms with Gasteiger partial charge in [-0.1, -0.05) is 13.3 Å². The van der Waals surface area contributed by atoms with Gasteiger partial charge in [-0.05, 0) is 84.0 Å². The summed E-state index contributed by atoms with van der Waals surface area (Å²) in [4.78, 5) is 4.32.